The first-order valence-electron chi connectivity index (χ1n) is 5.25. The normalized spacial score (nSPS) is 10.8. The molecule has 17 heavy (non-hydrogen) atoms. The first kappa shape index (κ1) is 11.7. The van der Waals surface area contributed by atoms with Gasteiger partial charge in [-0.25, -0.2) is 13.5 Å². The van der Waals surface area contributed by atoms with Crippen LogP contribution >= 0.6 is 0 Å². The number of aryl methyl sites for hydroxylation is 1. The Kier molecular flexibility index (Phi) is 3.14. The van der Waals surface area contributed by atoms with Gasteiger partial charge in [-0.15, -0.1) is 5.10 Å². The lowest BCUT2D eigenvalue weighted by Gasteiger charge is -2.06. The van der Waals surface area contributed by atoms with Crippen molar-refractivity contribution in [2.24, 2.45) is 5.73 Å². The standard InChI is InChI=1S/C11H12F2N4/c1-2-17-11(10(6-14)15-16-17)7-3-4-8(12)9(13)5-7/h3-5H,2,6,14H2,1H3. The molecule has 0 spiro atoms. The zero-order valence-electron chi connectivity index (χ0n) is 9.32. The molecule has 1 aromatic heterocycles. The van der Waals surface area contributed by atoms with Gasteiger partial charge < -0.3 is 5.73 Å². The molecular formula is C11H12F2N4. The third-order valence-electron chi connectivity index (χ3n) is 2.49. The molecule has 0 amide bonds. The maximum atomic E-state index is 13.2. The van der Waals surface area contributed by atoms with Crippen molar-refractivity contribution in [2.45, 2.75) is 20.0 Å². The number of halogens is 2. The first-order valence-corrected chi connectivity index (χ1v) is 5.25. The van der Waals surface area contributed by atoms with Crippen LogP contribution in [0.5, 0.6) is 0 Å². The molecule has 2 aromatic rings. The van der Waals surface area contributed by atoms with Crippen molar-refractivity contribution in [3.63, 3.8) is 0 Å². The second-order valence-corrected chi connectivity index (χ2v) is 3.53. The Morgan fingerprint density at radius 2 is 2.06 bits per heavy atom. The quantitative estimate of drug-likeness (QED) is 0.885. The van der Waals surface area contributed by atoms with E-state index in [-0.39, 0.29) is 6.54 Å². The molecule has 0 radical (unpaired) electrons. The number of nitrogens with two attached hydrogens (primary N) is 1. The van der Waals surface area contributed by atoms with Crippen molar-refractivity contribution < 1.29 is 8.78 Å². The molecule has 2 rings (SSSR count). The van der Waals surface area contributed by atoms with E-state index in [1.165, 1.54) is 6.07 Å². The minimum absolute atomic E-state index is 0.203. The second kappa shape index (κ2) is 4.58. The van der Waals surface area contributed by atoms with E-state index < -0.39 is 11.6 Å². The molecule has 1 heterocycles. The molecule has 0 aliphatic carbocycles. The van der Waals surface area contributed by atoms with Gasteiger partial charge in [0.25, 0.3) is 0 Å². The molecule has 0 fully saturated rings. The highest BCUT2D eigenvalue weighted by atomic mass is 19.2. The lowest BCUT2D eigenvalue weighted by Crippen LogP contribution is -2.03. The van der Waals surface area contributed by atoms with E-state index in [4.69, 9.17) is 5.73 Å². The molecule has 0 saturated carbocycles. The Balaban J connectivity index is 2.58. The van der Waals surface area contributed by atoms with Gasteiger partial charge in [0.05, 0.1) is 5.69 Å². The van der Waals surface area contributed by atoms with E-state index in [2.05, 4.69) is 10.3 Å². The molecule has 0 bridgehead atoms. The SMILES string of the molecule is CCn1nnc(CN)c1-c1ccc(F)c(F)c1. The zero-order chi connectivity index (χ0) is 12.4. The predicted octanol–water partition coefficient (Wildman–Crippen LogP) is 1.70. The van der Waals surface area contributed by atoms with Gasteiger partial charge in [-0.3, -0.25) is 0 Å². The van der Waals surface area contributed by atoms with Crippen LogP contribution in [0.3, 0.4) is 0 Å². The van der Waals surface area contributed by atoms with Crippen LogP contribution in [0.15, 0.2) is 18.2 Å². The Morgan fingerprint density at radius 3 is 2.65 bits per heavy atom. The third-order valence-corrected chi connectivity index (χ3v) is 2.49. The fourth-order valence-corrected chi connectivity index (χ4v) is 1.67. The zero-order valence-corrected chi connectivity index (χ0v) is 9.32. The Labute approximate surface area is 97.0 Å². The molecule has 0 aliphatic rings. The highest BCUT2D eigenvalue weighted by Gasteiger charge is 2.14. The van der Waals surface area contributed by atoms with Crippen LogP contribution in [0, 0.1) is 11.6 Å². The smallest absolute Gasteiger partial charge is 0.159 e. The van der Waals surface area contributed by atoms with Crippen LogP contribution < -0.4 is 5.73 Å². The van der Waals surface area contributed by atoms with Gasteiger partial charge in [-0.2, -0.15) is 0 Å². The molecule has 2 N–H and O–H groups in total. The van der Waals surface area contributed by atoms with Gasteiger partial charge in [0.15, 0.2) is 11.6 Å². The summed E-state index contributed by atoms with van der Waals surface area (Å²) in [4.78, 5) is 0. The van der Waals surface area contributed by atoms with Gasteiger partial charge >= 0.3 is 0 Å². The van der Waals surface area contributed by atoms with Crippen molar-refractivity contribution in [2.75, 3.05) is 0 Å². The van der Waals surface area contributed by atoms with Crippen LogP contribution in [0.1, 0.15) is 12.6 Å². The van der Waals surface area contributed by atoms with Crippen LogP contribution in [0.4, 0.5) is 8.78 Å². The lowest BCUT2D eigenvalue weighted by molar-refractivity contribution is 0.509. The topological polar surface area (TPSA) is 56.7 Å². The van der Waals surface area contributed by atoms with Crippen LogP contribution in [0.25, 0.3) is 11.3 Å². The van der Waals surface area contributed by atoms with E-state index in [0.717, 1.165) is 12.1 Å². The number of nitrogens with zero attached hydrogens (tertiary/aromatic N) is 3. The molecular weight excluding hydrogens is 226 g/mol. The molecule has 0 unspecified atom stereocenters. The maximum absolute atomic E-state index is 13.2. The fraction of sp³-hybridized carbons (Fsp3) is 0.273. The molecule has 6 heteroatoms. The first-order chi connectivity index (χ1) is 8.17. The Morgan fingerprint density at radius 1 is 1.29 bits per heavy atom. The Bertz CT molecular complexity index is 515. The average molecular weight is 238 g/mol. The summed E-state index contributed by atoms with van der Waals surface area (Å²) in [7, 11) is 0. The third kappa shape index (κ3) is 2.03. The summed E-state index contributed by atoms with van der Waals surface area (Å²) in [6, 6.07) is 3.69. The summed E-state index contributed by atoms with van der Waals surface area (Å²) in [5.74, 6) is -1.77. The van der Waals surface area contributed by atoms with Gasteiger partial charge in [0, 0.05) is 18.7 Å². The van der Waals surface area contributed by atoms with Gasteiger partial charge in [-0.05, 0) is 25.1 Å². The lowest BCUT2D eigenvalue weighted by atomic mass is 10.1. The monoisotopic (exact) mass is 238 g/mol. The van der Waals surface area contributed by atoms with Gasteiger partial charge in [0.1, 0.15) is 5.69 Å². The number of hydrogen-bond donors (Lipinski definition) is 1. The summed E-state index contributed by atoms with van der Waals surface area (Å²) in [5.41, 5.74) is 7.27. The average Bonchev–Trinajstić information content (AvgIpc) is 2.75. The summed E-state index contributed by atoms with van der Waals surface area (Å²) in [6.07, 6.45) is 0. The van der Waals surface area contributed by atoms with Crippen LogP contribution in [-0.4, -0.2) is 15.0 Å². The number of hydrogen-bond acceptors (Lipinski definition) is 3. The number of benzene rings is 1. The molecule has 4 nitrogen and oxygen atoms in total. The van der Waals surface area contributed by atoms with Crippen molar-refractivity contribution in [1.29, 1.82) is 0 Å². The van der Waals surface area contributed by atoms with Crippen LogP contribution in [0.2, 0.25) is 0 Å². The van der Waals surface area contributed by atoms with E-state index in [9.17, 15) is 8.78 Å². The van der Waals surface area contributed by atoms with Crippen molar-refractivity contribution in [3.05, 3.63) is 35.5 Å². The van der Waals surface area contributed by atoms with E-state index in [1.807, 2.05) is 6.92 Å². The summed E-state index contributed by atoms with van der Waals surface area (Å²) in [6.45, 7) is 2.67. The summed E-state index contributed by atoms with van der Waals surface area (Å²) >= 11 is 0. The predicted molar refractivity (Wildman–Crippen MR) is 58.9 cm³/mol. The van der Waals surface area contributed by atoms with E-state index in [0.29, 0.717) is 23.5 Å². The van der Waals surface area contributed by atoms with E-state index >= 15 is 0 Å². The highest BCUT2D eigenvalue weighted by Crippen LogP contribution is 2.23. The summed E-state index contributed by atoms with van der Waals surface area (Å²) in [5, 5.41) is 7.81. The second-order valence-electron chi connectivity index (χ2n) is 3.53. The molecule has 1 aromatic carbocycles. The van der Waals surface area contributed by atoms with Crippen LogP contribution in [-0.2, 0) is 13.1 Å². The maximum Gasteiger partial charge on any atom is 0.159 e. The molecule has 90 valence electrons. The number of aromatic nitrogens is 3. The molecule has 0 aliphatic heterocycles. The van der Waals surface area contributed by atoms with Gasteiger partial charge in [-0.1, -0.05) is 5.21 Å². The highest BCUT2D eigenvalue weighted by molar-refractivity contribution is 5.61. The largest absolute Gasteiger partial charge is 0.325 e. The van der Waals surface area contributed by atoms with Crippen molar-refractivity contribution in [1.82, 2.24) is 15.0 Å². The Hall–Kier alpha value is -1.82. The minimum Gasteiger partial charge on any atom is -0.325 e. The van der Waals surface area contributed by atoms with E-state index in [1.54, 1.807) is 4.68 Å². The fourth-order valence-electron chi connectivity index (χ4n) is 1.67. The van der Waals surface area contributed by atoms with Crippen molar-refractivity contribution in [3.8, 4) is 11.3 Å². The molecule has 0 atom stereocenters. The minimum atomic E-state index is -0.894. The summed E-state index contributed by atoms with van der Waals surface area (Å²) < 4.78 is 27.7. The number of rotatable bonds is 3. The van der Waals surface area contributed by atoms with Crippen molar-refractivity contribution >= 4 is 0 Å². The van der Waals surface area contributed by atoms with Gasteiger partial charge in [0.2, 0.25) is 0 Å². The molecule has 0 saturated heterocycles.